The van der Waals surface area contributed by atoms with Gasteiger partial charge < -0.3 is 14.3 Å². The van der Waals surface area contributed by atoms with Crippen molar-refractivity contribution in [2.45, 2.75) is 60.3 Å². The van der Waals surface area contributed by atoms with E-state index in [0.29, 0.717) is 19.8 Å². The van der Waals surface area contributed by atoms with Gasteiger partial charge in [-0.1, -0.05) is 49.1 Å². The van der Waals surface area contributed by atoms with E-state index in [1.165, 1.54) is 11.1 Å². The van der Waals surface area contributed by atoms with Crippen LogP contribution in [0.4, 0.5) is 0 Å². The lowest BCUT2D eigenvalue weighted by molar-refractivity contribution is 0.127. The first-order valence-electron chi connectivity index (χ1n) is 9.51. The van der Waals surface area contributed by atoms with Crippen LogP contribution in [0.5, 0.6) is 11.5 Å². The zero-order chi connectivity index (χ0) is 20.2. The minimum Gasteiger partial charge on any atom is -0.493 e. The molecule has 0 aliphatic carbocycles. The van der Waals surface area contributed by atoms with Crippen LogP contribution in [0.25, 0.3) is 0 Å². The SMILES string of the molecule is CCc1cc(OCC=C(Cl)Cl)c(CC)c(CC)c1OCCCON=C(C)C. The number of rotatable bonds is 12. The van der Waals surface area contributed by atoms with Crippen LogP contribution in [0.2, 0.25) is 0 Å². The topological polar surface area (TPSA) is 40.0 Å². The molecule has 1 aromatic rings. The molecule has 0 unspecified atom stereocenters. The molecule has 152 valence electrons. The number of aryl methyl sites for hydroxylation is 1. The van der Waals surface area contributed by atoms with Gasteiger partial charge in [-0.15, -0.1) is 0 Å². The van der Waals surface area contributed by atoms with Crippen molar-refractivity contribution in [3.05, 3.63) is 33.3 Å². The van der Waals surface area contributed by atoms with Crippen LogP contribution in [-0.2, 0) is 24.1 Å². The summed E-state index contributed by atoms with van der Waals surface area (Å²) in [5.74, 6) is 1.85. The number of hydrogen-bond acceptors (Lipinski definition) is 4. The fourth-order valence-electron chi connectivity index (χ4n) is 2.79. The van der Waals surface area contributed by atoms with Gasteiger partial charge in [0.05, 0.1) is 12.3 Å². The highest BCUT2D eigenvalue weighted by Crippen LogP contribution is 2.36. The van der Waals surface area contributed by atoms with Crippen molar-refractivity contribution in [2.75, 3.05) is 19.8 Å². The average Bonchev–Trinajstić information content (AvgIpc) is 2.63. The van der Waals surface area contributed by atoms with Crippen LogP contribution in [-0.4, -0.2) is 25.5 Å². The average molecular weight is 416 g/mol. The number of halogens is 2. The van der Waals surface area contributed by atoms with Crippen LogP contribution in [0.1, 0.15) is 57.7 Å². The molecule has 0 aromatic heterocycles. The van der Waals surface area contributed by atoms with Crippen LogP contribution in [0, 0.1) is 0 Å². The van der Waals surface area contributed by atoms with Crippen molar-refractivity contribution in [3.8, 4) is 11.5 Å². The molecule has 0 amide bonds. The largest absolute Gasteiger partial charge is 0.493 e. The quantitative estimate of drug-likeness (QED) is 0.230. The first-order valence-corrected chi connectivity index (χ1v) is 10.3. The summed E-state index contributed by atoms with van der Waals surface area (Å²) in [4.78, 5) is 5.23. The van der Waals surface area contributed by atoms with Gasteiger partial charge in [0.2, 0.25) is 0 Å². The fraction of sp³-hybridized carbons (Fsp3) is 0.571. The van der Waals surface area contributed by atoms with Crippen molar-refractivity contribution in [3.63, 3.8) is 0 Å². The summed E-state index contributed by atoms with van der Waals surface area (Å²) in [6.45, 7) is 11.7. The van der Waals surface area contributed by atoms with Gasteiger partial charge in [0.15, 0.2) is 0 Å². The minimum absolute atomic E-state index is 0.212. The molecule has 1 rings (SSSR count). The predicted molar refractivity (Wildman–Crippen MR) is 115 cm³/mol. The van der Waals surface area contributed by atoms with Gasteiger partial charge in [-0.2, -0.15) is 0 Å². The molecule has 0 N–H and O–H groups in total. The Morgan fingerprint density at radius 2 is 1.70 bits per heavy atom. The Hall–Kier alpha value is -1.39. The zero-order valence-electron chi connectivity index (χ0n) is 17.0. The zero-order valence-corrected chi connectivity index (χ0v) is 18.5. The highest BCUT2D eigenvalue weighted by molar-refractivity contribution is 6.55. The van der Waals surface area contributed by atoms with Gasteiger partial charge >= 0.3 is 0 Å². The molecule has 6 heteroatoms. The lowest BCUT2D eigenvalue weighted by Crippen LogP contribution is -2.09. The van der Waals surface area contributed by atoms with Crippen molar-refractivity contribution in [1.29, 1.82) is 0 Å². The first kappa shape index (κ1) is 23.6. The molecule has 0 saturated carbocycles. The standard InChI is InChI=1S/C21H31Cl2NO3/c1-6-16-14-19(25-13-10-20(22)23)17(7-2)18(8-3)21(16)26-11-9-12-27-24-15(4)5/h10,14H,6-9,11-13H2,1-5H3. The third-order valence-electron chi connectivity index (χ3n) is 3.97. The lowest BCUT2D eigenvalue weighted by atomic mass is 9.96. The molecule has 0 fully saturated rings. The van der Waals surface area contributed by atoms with Gasteiger partial charge in [0, 0.05) is 17.5 Å². The van der Waals surface area contributed by atoms with Crippen molar-refractivity contribution < 1.29 is 14.3 Å². The highest BCUT2D eigenvalue weighted by atomic mass is 35.5. The predicted octanol–water partition coefficient (Wildman–Crippen LogP) is 6.25. The monoisotopic (exact) mass is 415 g/mol. The maximum atomic E-state index is 6.16. The van der Waals surface area contributed by atoms with E-state index >= 15 is 0 Å². The van der Waals surface area contributed by atoms with E-state index in [-0.39, 0.29) is 4.49 Å². The Morgan fingerprint density at radius 3 is 2.26 bits per heavy atom. The van der Waals surface area contributed by atoms with E-state index in [4.69, 9.17) is 37.5 Å². The Kier molecular flexibility index (Phi) is 11.3. The molecule has 0 heterocycles. The summed E-state index contributed by atoms with van der Waals surface area (Å²) in [6.07, 6.45) is 5.03. The smallest absolute Gasteiger partial charge is 0.126 e. The second-order valence-corrected chi connectivity index (χ2v) is 7.27. The molecule has 0 saturated heterocycles. The van der Waals surface area contributed by atoms with E-state index in [1.807, 2.05) is 13.8 Å². The van der Waals surface area contributed by atoms with Crippen LogP contribution in [0.15, 0.2) is 21.8 Å². The van der Waals surface area contributed by atoms with Crippen molar-refractivity contribution in [1.82, 2.24) is 0 Å². The second-order valence-electron chi connectivity index (χ2n) is 6.26. The van der Waals surface area contributed by atoms with Gasteiger partial charge in [0.25, 0.3) is 0 Å². The highest BCUT2D eigenvalue weighted by Gasteiger charge is 2.17. The molecular weight excluding hydrogens is 385 g/mol. The molecule has 0 spiro atoms. The molecule has 27 heavy (non-hydrogen) atoms. The maximum Gasteiger partial charge on any atom is 0.126 e. The summed E-state index contributed by atoms with van der Waals surface area (Å²) in [7, 11) is 0. The lowest BCUT2D eigenvalue weighted by Gasteiger charge is -2.21. The summed E-state index contributed by atoms with van der Waals surface area (Å²) in [6, 6.07) is 2.07. The van der Waals surface area contributed by atoms with Gasteiger partial charge in [-0.05, 0) is 50.8 Å². The molecular formula is C21H31Cl2NO3. The van der Waals surface area contributed by atoms with E-state index in [0.717, 1.165) is 48.5 Å². The van der Waals surface area contributed by atoms with Crippen LogP contribution < -0.4 is 9.47 Å². The Labute approximate surface area is 173 Å². The number of nitrogens with zero attached hydrogens (tertiary/aromatic N) is 1. The van der Waals surface area contributed by atoms with Crippen LogP contribution in [0.3, 0.4) is 0 Å². The Morgan fingerprint density at radius 1 is 1.00 bits per heavy atom. The summed E-state index contributed by atoms with van der Waals surface area (Å²) < 4.78 is 12.3. The Bertz CT molecular complexity index is 649. The molecule has 0 atom stereocenters. The van der Waals surface area contributed by atoms with Crippen molar-refractivity contribution in [2.24, 2.45) is 5.16 Å². The van der Waals surface area contributed by atoms with Gasteiger partial charge in [0.1, 0.15) is 29.2 Å². The second kappa shape index (κ2) is 12.9. The third kappa shape index (κ3) is 8.02. The first-order chi connectivity index (χ1) is 12.9. The molecule has 4 nitrogen and oxygen atoms in total. The molecule has 1 aromatic carbocycles. The summed E-state index contributed by atoms with van der Waals surface area (Å²) >= 11 is 11.4. The summed E-state index contributed by atoms with van der Waals surface area (Å²) in [5.41, 5.74) is 4.43. The van der Waals surface area contributed by atoms with E-state index < -0.39 is 0 Å². The maximum absolute atomic E-state index is 6.16. The van der Waals surface area contributed by atoms with Gasteiger partial charge in [-0.25, -0.2) is 0 Å². The molecule has 0 radical (unpaired) electrons. The van der Waals surface area contributed by atoms with Crippen molar-refractivity contribution >= 4 is 28.9 Å². The molecule has 0 bridgehead atoms. The van der Waals surface area contributed by atoms with E-state index in [1.54, 1.807) is 6.08 Å². The Balaban J connectivity index is 2.95. The number of benzene rings is 1. The molecule has 0 aliphatic heterocycles. The molecule has 0 aliphatic rings. The van der Waals surface area contributed by atoms with E-state index in [9.17, 15) is 0 Å². The third-order valence-corrected chi connectivity index (χ3v) is 4.28. The van der Waals surface area contributed by atoms with Crippen LogP contribution >= 0.6 is 23.2 Å². The van der Waals surface area contributed by atoms with E-state index in [2.05, 4.69) is 32.0 Å². The number of oxime groups is 1. The normalized spacial score (nSPS) is 10.3. The minimum atomic E-state index is 0.212. The number of hydrogen-bond donors (Lipinski definition) is 0. The fourth-order valence-corrected chi connectivity index (χ4v) is 2.92. The van der Waals surface area contributed by atoms with Gasteiger partial charge in [-0.3, -0.25) is 0 Å². The summed E-state index contributed by atoms with van der Waals surface area (Å²) in [5, 5.41) is 3.94. The number of ether oxygens (including phenoxy) is 2.